The molecule has 368 valence electrons. The Balaban J connectivity index is 4.46. The summed E-state index contributed by atoms with van der Waals surface area (Å²) in [5.74, 6) is -0.465. The molecule has 0 aromatic rings. The topological polar surface area (TPSA) is 95.9 Å². The molecular weight excluding hydrogens is 767 g/mol. The van der Waals surface area contributed by atoms with E-state index in [9.17, 15) is 19.8 Å². The van der Waals surface area contributed by atoms with Crippen LogP contribution >= 0.6 is 0 Å². The van der Waals surface area contributed by atoms with Gasteiger partial charge in [0.25, 0.3) is 0 Å². The molecule has 0 rings (SSSR count). The number of unbranched alkanes of at least 4 members (excludes halogenated alkanes) is 37. The van der Waals surface area contributed by atoms with Crippen LogP contribution in [0.2, 0.25) is 0 Å². The zero-order valence-electron chi connectivity index (χ0n) is 42.0. The van der Waals surface area contributed by atoms with E-state index in [4.69, 9.17) is 4.74 Å². The third-order valence-corrected chi connectivity index (χ3v) is 13.1. The summed E-state index contributed by atoms with van der Waals surface area (Å²) in [6, 6.07) is -0.697. The molecule has 0 aliphatic rings. The Labute approximate surface area is 387 Å². The second kappa shape index (κ2) is 50.6. The van der Waals surface area contributed by atoms with Crippen LogP contribution in [0.25, 0.3) is 0 Å². The maximum atomic E-state index is 13.2. The number of aliphatic hydroxyl groups is 2. The molecule has 62 heavy (non-hydrogen) atoms. The zero-order chi connectivity index (χ0) is 45.2. The predicted octanol–water partition coefficient (Wildman–Crippen LogP) is 16.9. The molecule has 0 fully saturated rings. The van der Waals surface area contributed by atoms with Gasteiger partial charge in [0.2, 0.25) is 5.91 Å². The molecule has 0 aromatic heterocycles. The van der Waals surface area contributed by atoms with E-state index < -0.39 is 18.2 Å². The molecule has 0 heterocycles. The number of hydrogen-bond acceptors (Lipinski definition) is 5. The smallest absolute Gasteiger partial charge is 0.306 e. The van der Waals surface area contributed by atoms with Crippen molar-refractivity contribution in [3.05, 3.63) is 12.2 Å². The highest BCUT2D eigenvalue weighted by Gasteiger charge is 2.24. The maximum Gasteiger partial charge on any atom is 0.306 e. The monoisotopic (exact) mass is 876 g/mol. The van der Waals surface area contributed by atoms with Crippen molar-refractivity contribution < 1.29 is 24.5 Å². The number of rotatable bonds is 51. The highest BCUT2D eigenvalue weighted by molar-refractivity contribution is 5.77. The summed E-state index contributed by atoms with van der Waals surface area (Å²) in [6.07, 6.45) is 57.0. The van der Waals surface area contributed by atoms with Crippen LogP contribution in [0.1, 0.15) is 310 Å². The molecule has 0 aliphatic carbocycles. The van der Waals surface area contributed by atoms with Crippen molar-refractivity contribution in [2.75, 3.05) is 6.61 Å². The lowest BCUT2D eigenvalue weighted by atomic mass is 10.0. The lowest BCUT2D eigenvalue weighted by Crippen LogP contribution is -2.46. The lowest BCUT2D eigenvalue weighted by Gasteiger charge is -2.24. The van der Waals surface area contributed by atoms with E-state index in [-0.39, 0.29) is 24.9 Å². The molecule has 0 radical (unpaired) electrons. The number of amides is 1. The summed E-state index contributed by atoms with van der Waals surface area (Å²) in [5, 5.41) is 23.9. The first-order valence-electron chi connectivity index (χ1n) is 27.9. The average Bonchev–Trinajstić information content (AvgIpc) is 3.26. The van der Waals surface area contributed by atoms with Crippen molar-refractivity contribution in [3.8, 4) is 0 Å². The van der Waals surface area contributed by atoms with E-state index in [2.05, 4.69) is 38.2 Å². The molecule has 6 nitrogen and oxygen atoms in total. The molecule has 0 aromatic carbocycles. The second-order valence-corrected chi connectivity index (χ2v) is 19.3. The second-order valence-electron chi connectivity index (χ2n) is 19.3. The summed E-state index contributed by atoms with van der Waals surface area (Å²) in [4.78, 5) is 26.2. The SMILES string of the molecule is CCCC/C=C\CCCCCCCC(=O)OC(CCCCCCCCCCCCCCCCC)CC(=O)NC(CO)C(O)CCCCCCCCCCCCCCCCCCC. The van der Waals surface area contributed by atoms with Gasteiger partial charge < -0.3 is 20.3 Å². The molecule has 6 heteroatoms. The Morgan fingerprint density at radius 1 is 0.452 bits per heavy atom. The Kier molecular flexibility index (Phi) is 49.5. The van der Waals surface area contributed by atoms with E-state index >= 15 is 0 Å². The molecule has 3 N–H and O–H groups in total. The minimum atomic E-state index is -0.783. The number of nitrogens with one attached hydrogen (secondary N) is 1. The van der Waals surface area contributed by atoms with Crippen molar-refractivity contribution in [2.24, 2.45) is 0 Å². The van der Waals surface area contributed by atoms with Crippen molar-refractivity contribution in [1.82, 2.24) is 5.32 Å². The first-order chi connectivity index (χ1) is 30.5. The molecule has 0 bridgehead atoms. The lowest BCUT2D eigenvalue weighted by molar-refractivity contribution is -0.151. The van der Waals surface area contributed by atoms with Gasteiger partial charge in [0.05, 0.1) is 25.2 Å². The van der Waals surface area contributed by atoms with Crippen LogP contribution in [0.4, 0.5) is 0 Å². The molecular formula is C56H109NO5. The number of carbonyl (C=O) groups excluding carboxylic acids is 2. The number of esters is 1. The Morgan fingerprint density at radius 2 is 0.790 bits per heavy atom. The molecule has 0 saturated carbocycles. The maximum absolute atomic E-state index is 13.2. The number of ether oxygens (including phenoxy) is 1. The fourth-order valence-corrected chi connectivity index (χ4v) is 8.83. The number of carbonyl (C=O) groups is 2. The third-order valence-electron chi connectivity index (χ3n) is 13.1. The van der Waals surface area contributed by atoms with Crippen LogP contribution in [0.3, 0.4) is 0 Å². The quantitative estimate of drug-likeness (QED) is 0.0321. The fourth-order valence-electron chi connectivity index (χ4n) is 8.83. The van der Waals surface area contributed by atoms with Gasteiger partial charge in [-0.05, 0) is 44.9 Å². The summed E-state index contributed by atoms with van der Waals surface area (Å²) in [6.45, 7) is 6.49. The Morgan fingerprint density at radius 3 is 1.19 bits per heavy atom. The first-order valence-corrected chi connectivity index (χ1v) is 27.9. The number of hydrogen-bond donors (Lipinski definition) is 3. The Bertz CT molecular complexity index is 939. The van der Waals surface area contributed by atoms with Crippen LogP contribution in [0, 0.1) is 0 Å². The largest absolute Gasteiger partial charge is 0.462 e. The molecule has 3 unspecified atom stereocenters. The van der Waals surface area contributed by atoms with Gasteiger partial charge in [-0.15, -0.1) is 0 Å². The summed E-state index contributed by atoms with van der Waals surface area (Å²) in [7, 11) is 0. The summed E-state index contributed by atoms with van der Waals surface area (Å²) >= 11 is 0. The predicted molar refractivity (Wildman–Crippen MR) is 269 cm³/mol. The molecule has 0 spiro atoms. The van der Waals surface area contributed by atoms with Gasteiger partial charge in [-0.1, -0.05) is 264 Å². The van der Waals surface area contributed by atoms with Crippen molar-refractivity contribution in [3.63, 3.8) is 0 Å². The summed E-state index contributed by atoms with van der Waals surface area (Å²) in [5.41, 5.74) is 0. The average molecular weight is 876 g/mol. The highest BCUT2D eigenvalue weighted by atomic mass is 16.5. The molecule has 1 amide bonds. The summed E-state index contributed by atoms with van der Waals surface area (Å²) < 4.78 is 5.94. The van der Waals surface area contributed by atoms with E-state index in [0.29, 0.717) is 19.3 Å². The number of allylic oxidation sites excluding steroid dienone is 2. The Hall–Kier alpha value is -1.40. The van der Waals surface area contributed by atoms with E-state index in [1.54, 1.807) is 0 Å². The zero-order valence-corrected chi connectivity index (χ0v) is 42.0. The molecule has 3 atom stereocenters. The van der Waals surface area contributed by atoms with Gasteiger partial charge in [0, 0.05) is 6.42 Å². The fraction of sp³-hybridized carbons (Fsp3) is 0.929. The van der Waals surface area contributed by atoms with Gasteiger partial charge in [-0.3, -0.25) is 9.59 Å². The minimum absolute atomic E-state index is 0.0818. The van der Waals surface area contributed by atoms with Gasteiger partial charge in [0.15, 0.2) is 0 Å². The molecule has 0 aliphatic heterocycles. The highest BCUT2D eigenvalue weighted by Crippen LogP contribution is 2.19. The van der Waals surface area contributed by atoms with E-state index in [1.165, 1.54) is 212 Å². The van der Waals surface area contributed by atoms with E-state index in [0.717, 1.165) is 51.4 Å². The van der Waals surface area contributed by atoms with Gasteiger partial charge in [-0.2, -0.15) is 0 Å². The van der Waals surface area contributed by atoms with Gasteiger partial charge >= 0.3 is 5.97 Å². The van der Waals surface area contributed by atoms with Crippen LogP contribution in [0.15, 0.2) is 12.2 Å². The third kappa shape index (κ3) is 45.2. The van der Waals surface area contributed by atoms with Crippen LogP contribution in [-0.4, -0.2) is 46.9 Å². The minimum Gasteiger partial charge on any atom is -0.462 e. The van der Waals surface area contributed by atoms with Crippen molar-refractivity contribution in [1.29, 1.82) is 0 Å². The van der Waals surface area contributed by atoms with Gasteiger partial charge in [0.1, 0.15) is 6.10 Å². The van der Waals surface area contributed by atoms with Crippen LogP contribution in [0.5, 0.6) is 0 Å². The van der Waals surface area contributed by atoms with Crippen LogP contribution < -0.4 is 5.32 Å². The number of aliphatic hydroxyl groups excluding tert-OH is 2. The molecule has 0 saturated heterocycles. The van der Waals surface area contributed by atoms with Crippen LogP contribution in [-0.2, 0) is 14.3 Å². The first kappa shape index (κ1) is 60.6. The van der Waals surface area contributed by atoms with Crippen molar-refractivity contribution in [2.45, 2.75) is 328 Å². The van der Waals surface area contributed by atoms with E-state index in [1.807, 2.05) is 0 Å². The standard InChI is InChI=1S/C56H109NO5/c1-4-7-10-13-16-19-22-24-26-27-29-31-34-36-39-42-45-48-54(59)53(51-58)57-55(60)50-52(62-56(61)49-46-43-40-37-32-21-18-15-12-9-6-3)47-44-41-38-35-33-30-28-25-23-20-17-14-11-8-5-2/h15,18,52-54,58-59H,4-14,16-17,19-51H2,1-3H3,(H,57,60)/b18-15-. The van der Waals surface area contributed by atoms with Crippen molar-refractivity contribution >= 4 is 11.9 Å². The van der Waals surface area contributed by atoms with Gasteiger partial charge in [-0.25, -0.2) is 0 Å². The normalized spacial score (nSPS) is 13.2.